The minimum Gasteiger partial charge on any atom is -0.506 e. The predicted molar refractivity (Wildman–Crippen MR) is 153 cm³/mol. The van der Waals surface area contributed by atoms with Crippen molar-refractivity contribution >= 4 is 39.4 Å². The Morgan fingerprint density at radius 3 is 2.66 bits per heavy atom. The monoisotopic (exact) mass is 563 g/mol. The minimum atomic E-state index is -0.783. The first-order valence-corrected chi connectivity index (χ1v) is 14.5. The van der Waals surface area contributed by atoms with E-state index in [1.54, 1.807) is 17.8 Å². The Morgan fingerprint density at radius 1 is 1.16 bits per heavy atom. The molecular weight excluding hydrogens is 526 g/mol. The third-order valence-corrected chi connectivity index (χ3v) is 7.46. The molecule has 1 heterocycles. The van der Waals surface area contributed by atoms with Crippen molar-refractivity contribution < 1.29 is 24.5 Å². The molecule has 38 heavy (non-hydrogen) atoms. The van der Waals surface area contributed by atoms with E-state index in [2.05, 4.69) is 15.6 Å². The van der Waals surface area contributed by atoms with Gasteiger partial charge in [-0.1, -0.05) is 47.7 Å². The van der Waals surface area contributed by atoms with Crippen LogP contribution in [0.4, 0.5) is 4.79 Å². The molecule has 5 N–H and O–H groups in total. The van der Waals surface area contributed by atoms with Crippen LogP contribution in [0.3, 0.4) is 0 Å². The molecule has 0 spiro atoms. The van der Waals surface area contributed by atoms with Crippen LogP contribution in [-0.4, -0.2) is 64.7 Å². The number of aromatic nitrogens is 1. The van der Waals surface area contributed by atoms with Crippen molar-refractivity contribution in [2.24, 2.45) is 0 Å². The van der Waals surface area contributed by atoms with Gasteiger partial charge in [0, 0.05) is 31.0 Å². The first-order valence-electron chi connectivity index (χ1n) is 12.6. The third-order valence-electron chi connectivity index (χ3n) is 5.46. The molecule has 0 unspecified atom stereocenters. The number of fused-ring (bicyclic) bond motifs is 1. The lowest BCUT2D eigenvalue weighted by Crippen LogP contribution is -2.36. The molecule has 3 aromatic rings. The molecule has 9 nitrogen and oxygen atoms in total. The number of hydrogen-bond acceptors (Lipinski definition) is 9. The zero-order valence-corrected chi connectivity index (χ0v) is 23.6. The van der Waals surface area contributed by atoms with Crippen LogP contribution >= 0.6 is 23.1 Å². The fourth-order valence-corrected chi connectivity index (χ4v) is 5.45. The fourth-order valence-electron chi connectivity index (χ4n) is 3.72. The summed E-state index contributed by atoms with van der Waals surface area (Å²) in [4.78, 5) is 26.2. The number of aromatic hydroxyl groups is 1. The highest BCUT2D eigenvalue weighted by Gasteiger charge is 2.21. The lowest BCUT2D eigenvalue weighted by molar-refractivity contribution is 0.0441. The van der Waals surface area contributed by atoms with E-state index in [-0.39, 0.29) is 16.7 Å². The van der Waals surface area contributed by atoms with Crippen LogP contribution in [0.15, 0.2) is 47.3 Å². The summed E-state index contributed by atoms with van der Waals surface area (Å²) in [7, 11) is 0. The van der Waals surface area contributed by atoms with Crippen LogP contribution in [0.1, 0.15) is 50.5 Å². The molecule has 0 bridgehead atoms. The average Bonchev–Trinajstić information content (AvgIpc) is 3.26. The summed E-state index contributed by atoms with van der Waals surface area (Å²) in [5.74, 6) is 1.80. The van der Waals surface area contributed by atoms with Crippen molar-refractivity contribution in [2.75, 3.05) is 37.8 Å². The van der Waals surface area contributed by atoms with Gasteiger partial charge in [-0.3, -0.25) is 4.79 Å². The second-order valence-corrected chi connectivity index (χ2v) is 12.0. The minimum absolute atomic E-state index is 0.00229. The normalized spacial score (nSPS) is 13.4. The standard InChI is InChI=1S/C27H37N3O6S2/c1-27(2,3)36-25(33)29-20(18-8-5-4-6-9-18)17-35-13-7-14-37-15-12-28-16-22(32)19-10-11-21(31)23-24(19)38-26(34)30-23/h4-6,8-11,20,22,28,31-32H,7,12-17H2,1-3H3,(H,29,33)(H,30,34)/t20-,22-/m0/s1. The molecular formula is C27H37N3O6S2. The maximum atomic E-state index is 12.3. The van der Waals surface area contributed by atoms with Gasteiger partial charge in [-0.2, -0.15) is 11.8 Å². The van der Waals surface area contributed by atoms with Crippen molar-refractivity contribution in [3.63, 3.8) is 0 Å². The van der Waals surface area contributed by atoms with Crippen molar-refractivity contribution in [3.05, 3.63) is 63.3 Å². The number of amides is 1. The summed E-state index contributed by atoms with van der Waals surface area (Å²) in [5, 5.41) is 26.6. The van der Waals surface area contributed by atoms with Gasteiger partial charge in [0.15, 0.2) is 0 Å². The molecule has 2 aromatic carbocycles. The SMILES string of the molecule is CC(C)(C)OC(=O)N[C@@H](COCCCSCCNC[C@H](O)c1ccc(O)c2[nH]c(=O)sc12)c1ccccc1. The third kappa shape index (κ3) is 9.63. The smallest absolute Gasteiger partial charge is 0.408 e. The van der Waals surface area contributed by atoms with E-state index in [9.17, 15) is 19.8 Å². The largest absolute Gasteiger partial charge is 0.506 e. The summed E-state index contributed by atoms with van der Waals surface area (Å²) in [6.45, 7) is 7.50. The van der Waals surface area contributed by atoms with Gasteiger partial charge in [-0.05, 0) is 44.6 Å². The molecule has 0 aliphatic heterocycles. The number of hydrogen-bond donors (Lipinski definition) is 5. The Labute approximate surface area is 231 Å². The van der Waals surface area contributed by atoms with Gasteiger partial charge in [-0.15, -0.1) is 0 Å². The quantitative estimate of drug-likeness (QED) is 0.183. The topological polar surface area (TPSA) is 133 Å². The number of alkyl carbamates (subject to hydrolysis) is 1. The molecule has 0 aliphatic rings. The molecule has 208 valence electrons. The lowest BCUT2D eigenvalue weighted by Gasteiger charge is -2.24. The number of carbonyl (C=O) groups excluding carboxylic acids is 1. The molecule has 0 saturated carbocycles. The number of rotatable bonds is 14. The van der Waals surface area contributed by atoms with Gasteiger partial charge in [0.25, 0.3) is 0 Å². The van der Waals surface area contributed by atoms with Crippen molar-refractivity contribution in [2.45, 2.75) is 44.9 Å². The highest BCUT2D eigenvalue weighted by molar-refractivity contribution is 7.99. The van der Waals surface area contributed by atoms with E-state index in [1.807, 2.05) is 51.1 Å². The number of aromatic amines is 1. The van der Waals surface area contributed by atoms with Crippen LogP contribution < -0.4 is 15.5 Å². The Balaban J connectivity index is 1.30. The average molecular weight is 564 g/mol. The number of phenols is 1. The zero-order valence-electron chi connectivity index (χ0n) is 22.0. The first-order chi connectivity index (χ1) is 18.1. The molecule has 11 heteroatoms. The van der Waals surface area contributed by atoms with E-state index in [1.165, 1.54) is 6.07 Å². The van der Waals surface area contributed by atoms with E-state index < -0.39 is 17.8 Å². The predicted octanol–water partition coefficient (Wildman–Crippen LogP) is 4.32. The highest BCUT2D eigenvalue weighted by Crippen LogP contribution is 2.31. The van der Waals surface area contributed by atoms with Crippen LogP contribution in [0.2, 0.25) is 0 Å². The Hall–Kier alpha value is -2.57. The van der Waals surface area contributed by atoms with Crippen molar-refractivity contribution in [1.82, 2.24) is 15.6 Å². The van der Waals surface area contributed by atoms with E-state index in [0.29, 0.717) is 35.5 Å². The summed E-state index contributed by atoms with van der Waals surface area (Å²) < 4.78 is 11.8. The molecule has 0 saturated heterocycles. The molecule has 2 atom stereocenters. The van der Waals surface area contributed by atoms with Crippen LogP contribution in [-0.2, 0) is 9.47 Å². The molecule has 3 rings (SSSR count). The molecule has 0 radical (unpaired) electrons. The molecule has 1 aromatic heterocycles. The maximum Gasteiger partial charge on any atom is 0.408 e. The van der Waals surface area contributed by atoms with Crippen LogP contribution in [0, 0.1) is 0 Å². The summed E-state index contributed by atoms with van der Waals surface area (Å²) >= 11 is 2.77. The summed E-state index contributed by atoms with van der Waals surface area (Å²) in [6.07, 6.45) is -0.379. The van der Waals surface area contributed by atoms with Crippen molar-refractivity contribution in [3.8, 4) is 5.75 Å². The molecule has 0 aliphatic carbocycles. The second-order valence-electron chi connectivity index (χ2n) is 9.76. The Morgan fingerprint density at radius 2 is 1.92 bits per heavy atom. The van der Waals surface area contributed by atoms with Gasteiger partial charge in [0.1, 0.15) is 16.9 Å². The number of aliphatic hydroxyl groups excluding tert-OH is 1. The Kier molecular flexibility index (Phi) is 11.5. The molecule has 1 amide bonds. The number of H-pyrrole nitrogens is 1. The van der Waals surface area contributed by atoms with Gasteiger partial charge < -0.3 is 35.3 Å². The second kappa shape index (κ2) is 14.5. The number of phenolic OH excluding ortho intramolecular Hbond substituents is 1. The maximum absolute atomic E-state index is 12.3. The van der Waals surface area contributed by atoms with Crippen LogP contribution in [0.25, 0.3) is 10.2 Å². The number of aliphatic hydroxyl groups is 1. The van der Waals surface area contributed by atoms with E-state index >= 15 is 0 Å². The highest BCUT2D eigenvalue weighted by atomic mass is 32.2. The number of nitrogens with one attached hydrogen (secondary N) is 3. The number of benzene rings is 2. The van der Waals surface area contributed by atoms with E-state index in [4.69, 9.17) is 9.47 Å². The van der Waals surface area contributed by atoms with Gasteiger partial charge in [-0.25, -0.2) is 4.79 Å². The van der Waals surface area contributed by atoms with Crippen LogP contribution in [0.5, 0.6) is 5.75 Å². The first kappa shape index (κ1) is 30.0. The van der Waals surface area contributed by atoms with Gasteiger partial charge >= 0.3 is 11.0 Å². The van der Waals surface area contributed by atoms with E-state index in [0.717, 1.165) is 41.4 Å². The van der Waals surface area contributed by atoms with Crippen molar-refractivity contribution in [1.29, 1.82) is 0 Å². The lowest BCUT2D eigenvalue weighted by atomic mass is 10.1. The van der Waals surface area contributed by atoms with Gasteiger partial charge in [0.2, 0.25) is 0 Å². The fraction of sp³-hybridized carbons (Fsp3) is 0.481. The summed E-state index contributed by atoms with van der Waals surface area (Å²) in [5.41, 5.74) is 1.37. The summed E-state index contributed by atoms with van der Waals surface area (Å²) in [6, 6.07) is 12.5. The Bertz CT molecular complexity index is 1210. The van der Waals surface area contributed by atoms with Gasteiger partial charge in [0.05, 0.1) is 23.5 Å². The number of thiazole rings is 1. The number of carbonyl (C=O) groups is 1. The zero-order chi connectivity index (χ0) is 27.5. The number of ether oxygens (including phenoxy) is 2. The molecule has 0 fully saturated rings. The number of thioether (sulfide) groups is 1.